The number of nitrogens with zero attached hydrogens (tertiary/aromatic N) is 1. The van der Waals surface area contributed by atoms with Crippen molar-refractivity contribution in [2.45, 2.75) is 0 Å². The van der Waals surface area contributed by atoms with Crippen LogP contribution in [0, 0.1) is 0 Å². The molecular formula is C5H12NO2+. The van der Waals surface area contributed by atoms with E-state index in [1.165, 1.54) is 0 Å². The van der Waals surface area contributed by atoms with E-state index >= 15 is 0 Å². The predicted octanol–water partition coefficient (Wildman–Crippen LogP) is -0.261. The van der Waals surface area contributed by atoms with Gasteiger partial charge in [-0.05, 0) is 0 Å². The lowest BCUT2D eigenvalue weighted by atomic mass is 10.8. The molecule has 0 rings (SSSR count). The maximum Gasteiger partial charge on any atom is 0.373 e. The van der Waals surface area contributed by atoms with Gasteiger partial charge in [0, 0.05) is 0 Å². The standard InChI is InChI=1S/C4H12N.CO2/c1-5(2,3)4;2-1-3/h1-4H3;/q+1;. The molecule has 3 heteroatoms. The summed E-state index contributed by atoms with van der Waals surface area (Å²) in [6, 6.07) is 0. The lowest BCUT2D eigenvalue weighted by Gasteiger charge is -2.14. The van der Waals surface area contributed by atoms with Gasteiger partial charge >= 0.3 is 6.15 Å². The quantitative estimate of drug-likeness (QED) is 0.411. The van der Waals surface area contributed by atoms with Crippen LogP contribution in [0.15, 0.2) is 0 Å². The van der Waals surface area contributed by atoms with Crippen molar-refractivity contribution in [2.75, 3.05) is 28.2 Å². The zero-order valence-corrected chi connectivity index (χ0v) is 5.76. The van der Waals surface area contributed by atoms with Crippen LogP contribution in [0.2, 0.25) is 0 Å². The van der Waals surface area contributed by atoms with E-state index in [1.807, 2.05) is 0 Å². The monoisotopic (exact) mass is 118 g/mol. The van der Waals surface area contributed by atoms with Crippen LogP contribution in [0.1, 0.15) is 0 Å². The van der Waals surface area contributed by atoms with Crippen LogP contribution in [0.25, 0.3) is 0 Å². The maximum absolute atomic E-state index is 8.12. The second-order valence-electron chi connectivity index (χ2n) is 2.77. The minimum absolute atomic E-state index is 0.250. The summed E-state index contributed by atoms with van der Waals surface area (Å²) in [5.41, 5.74) is 0. The molecule has 0 aliphatic heterocycles. The first-order valence-corrected chi connectivity index (χ1v) is 2.20. The van der Waals surface area contributed by atoms with Crippen LogP contribution in [-0.4, -0.2) is 38.8 Å². The molecule has 0 bridgehead atoms. The molecule has 3 nitrogen and oxygen atoms in total. The highest BCUT2D eigenvalue weighted by Gasteiger charge is 1.88. The lowest BCUT2D eigenvalue weighted by molar-refractivity contribution is -0.849. The highest BCUT2D eigenvalue weighted by molar-refractivity contribution is 5.20. The molecule has 0 aliphatic carbocycles. The summed E-state index contributed by atoms with van der Waals surface area (Å²) in [5.74, 6) is 0. The number of carbonyl (C=O) groups excluding carboxylic acids is 2. The average Bonchev–Trinajstić information content (AvgIpc) is 1.27. The van der Waals surface area contributed by atoms with Crippen molar-refractivity contribution < 1.29 is 14.1 Å². The Bertz CT molecular complexity index is 70.9. The van der Waals surface area contributed by atoms with Gasteiger partial charge in [0.1, 0.15) is 0 Å². The molecule has 0 aliphatic rings. The van der Waals surface area contributed by atoms with Crippen LogP contribution >= 0.6 is 0 Å². The van der Waals surface area contributed by atoms with Crippen LogP contribution in [0.4, 0.5) is 0 Å². The highest BCUT2D eigenvalue weighted by atomic mass is 16.2. The Morgan fingerprint density at radius 1 is 1.00 bits per heavy atom. The highest BCUT2D eigenvalue weighted by Crippen LogP contribution is 1.73. The molecule has 0 amide bonds. The third-order valence-electron chi connectivity index (χ3n) is 0. The van der Waals surface area contributed by atoms with Crippen molar-refractivity contribution in [1.82, 2.24) is 0 Å². The van der Waals surface area contributed by atoms with Gasteiger partial charge in [-0.25, -0.2) is 0 Å². The summed E-state index contributed by atoms with van der Waals surface area (Å²) in [6.07, 6.45) is 0.250. The van der Waals surface area contributed by atoms with Gasteiger partial charge in [-0.3, -0.25) is 0 Å². The summed E-state index contributed by atoms with van der Waals surface area (Å²) >= 11 is 0. The first-order chi connectivity index (χ1) is 3.41. The van der Waals surface area contributed by atoms with Gasteiger partial charge in [-0.2, -0.15) is 9.59 Å². The lowest BCUT2D eigenvalue weighted by Crippen LogP contribution is -2.27. The minimum Gasteiger partial charge on any atom is -0.333 e. The fourth-order valence-electron chi connectivity index (χ4n) is 0. The van der Waals surface area contributed by atoms with E-state index in [-0.39, 0.29) is 6.15 Å². The van der Waals surface area contributed by atoms with E-state index < -0.39 is 0 Å². The van der Waals surface area contributed by atoms with E-state index in [0.29, 0.717) is 0 Å². The van der Waals surface area contributed by atoms with Crippen LogP contribution in [0.5, 0.6) is 0 Å². The molecule has 0 saturated heterocycles. The maximum atomic E-state index is 8.12. The molecule has 0 fully saturated rings. The van der Waals surface area contributed by atoms with Crippen LogP contribution < -0.4 is 0 Å². The van der Waals surface area contributed by atoms with Gasteiger partial charge in [0.05, 0.1) is 28.2 Å². The van der Waals surface area contributed by atoms with Crippen molar-refractivity contribution in [2.24, 2.45) is 0 Å². The number of hydrogen-bond donors (Lipinski definition) is 0. The van der Waals surface area contributed by atoms with Gasteiger partial charge in [-0.15, -0.1) is 0 Å². The molecule has 0 radical (unpaired) electrons. The van der Waals surface area contributed by atoms with Gasteiger partial charge in [-0.1, -0.05) is 0 Å². The van der Waals surface area contributed by atoms with Crippen molar-refractivity contribution in [1.29, 1.82) is 0 Å². The summed E-state index contributed by atoms with van der Waals surface area (Å²) < 4.78 is 1.00. The smallest absolute Gasteiger partial charge is 0.333 e. The topological polar surface area (TPSA) is 34.1 Å². The Morgan fingerprint density at radius 2 is 1.00 bits per heavy atom. The Hall–Kier alpha value is -0.660. The second-order valence-corrected chi connectivity index (χ2v) is 2.77. The summed E-state index contributed by atoms with van der Waals surface area (Å²) in [4.78, 5) is 16.2. The van der Waals surface area contributed by atoms with Gasteiger partial charge in [0.2, 0.25) is 0 Å². The van der Waals surface area contributed by atoms with E-state index in [1.54, 1.807) is 0 Å². The molecule has 0 saturated carbocycles. The molecule has 8 heavy (non-hydrogen) atoms. The van der Waals surface area contributed by atoms with E-state index in [4.69, 9.17) is 9.59 Å². The predicted molar refractivity (Wildman–Crippen MR) is 29.0 cm³/mol. The molecule has 0 aromatic carbocycles. The SMILES string of the molecule is C[N+](C)(C)C.O=C=O. The zero-order valence-electron chi connectivity index (χ0n) is 5.76. The second kappa shape index (κ2) is 4.50. The molecular weight excluding hydrogens is 106 g/mol. The molecule has 0 N–H and O–H groups in total. The number of hydrogen-bond acceptors (Lipinski definition) is 2. The fraction of sp³-hybridized carbons (Fsp3) is 0.800. The van der Waals surface area contributed by atoms with E-state index in [2.05, 4.69) is 28.2 Å². The van der Waals surface area contributed by atoms with Gasteiger partial charge < -0.3 is 4.48 Å². The van der Waals surface area contributed by atoms with Crippen molar-refractivity contribution in [3.05, 3.63) is 0 Å². The molecule has 0 aromatic rings. The first kappa shape index (κ1) is 10.3. The zero-order chi connectivity index (χ0) is 7.21. The molecule has 0 aromatic heterocycles. The van der Waals surface area contributed by atoms with Crippen molar-refractivity contribution in [3.8, 4) is 0 Å². The molecule has 0 spiro atoms. The Kier molecular flexibility index (Phi) is 5.82. The molecule has 0 heterocycles. The summed E-state index contributed by atoms with van der Waals surface area (Å²) in [5, 5.41) is 0. The molecule has 48 valence electrons. The average molecular weight is 118 g/mol. The van der Waals surface area contributed by atoms with E-state index in [9.17, 15) is 0 Å². The number of rotatable bonds is 0. The van der Waals surface area contributed by atoms with Gasteiger partial charge in [0.25, 0.3) is 0 Å². The Morgan fingerprint density at radius 3 is 1.00 bits per heavy atom. The summed E-state index contributed by atoms with van der Waals surface area (Å²) in [6.45, 7) is 0. The number of quaternary nitrogens is 1. The largest absolute Gasteiger partial charge is 0.373 e. The normalized spacial score (nSPS) is 8.50. The van der Waals surface area contributed by atoms with Crippen molar-refractivity contribution in [3.63, 3.8) is 0 Å². The van der Waals surface area contributed by atoms with Crippen LogP contribution in [0.3, 0.4) is 0 Å². The first-order valence-electron chi connectivity index (χ1n) is 2.20. The van der Waals surface area contributed by atoms with E-state index in [0.717, 1.165) is 4.48 Å². The van der Waals surface area contributed by atoms with Crippen LogP contribution in [-0.2, 0) is 9.59 Å². The third-order valence-corrected chi connectivity index (χ3v) is 0. The Labute approximate surface area is 49.5 Å². The van der Waals surface area contributed by atoms with Crippen molar-refractivity contribution >= 4 is 6.15 Å². The summed E-state index contributed by atoms with van der Waals surface area (Å²) in [7, 11) is 8.50. The third kappa shape index (κ3) is 231. The molecule has 0 atom stereocenters. The Balaban J connectivity index is 0. The molecule has 0 unspecified atom stereocenters. The fourth-order valence-corrected chi connectivity index (χ4v) is 0. The van der Waals surface area contributed by atoms with Gasteiger partial charge in [0.15, 0.2) is 0 Å². The minimum atomic E-state index is 0.250.